The van der Waals surface area contributed by atoms with Crippen molar-refractivity contribution >= 4 is 15.6 Å². The second kappa shape index (κ2) is 7.04. The maximum absolute atomic E-state index is 12.4. The minimum absolute atomic E-state index is 0.0245. The predicted molar refractivity (Wildman–Crippen MR) is 81.6 cm³/mol. The van der Waals surface area contributed by atoms with Gasteiger partial charge in [0.25, 0.3) is 0 Å². The molecule has 6 heteroatoms. The van der Waals surface area contributed by atoms with Crippen LogP contribution in [-0.2, 0) is 9.84 Å². The van der Waals surface area contributed by atoms with E-state index >= 15 is 0 Å². The Labute approximate surface area is 125 Å². The van der Waals surface area contributed by atoms with Crippen LogP contribution in [0.1, 0.15) is 30.1 Å². The Morgan fingerprint density at radius 1 is 1.38 bits per heavy atom. The second-order valence-electron chi connectivity index (χ2n) is 5.24. The quantitative estimate of drug-likeness (QED) is 0.805. The fourth-order valence-electron chi connectivity index (χ4n) is 2.37. The van der Waals surface area contributed by atoms with Gasteiger partial charge in [-0.1, -0.05) is 19.1 Å². The first-order valence-corrected chi connectivity index (χ1v) is 9.03. The van der Waals surface area contributed by atoms with Crippen molar-refractivity contribution in [2.75, 3.05) is 24.7 Å². The van der Waals surface area contributed by atoms with Crippen LogP contribution in [0.4, 0.5) is 0 Å². The Kier molecular flexibility index (Phi) is 5.36. The van der Waals surface area contributed by atoms with Crippen LogP contribution in [0.2, 0.25) is 0 Å². The van der Waals surface area contributed by atoms with Crippen molar-refractivity contribution in [2.45, 2.75) is 25.8 Å². The van der Waals surface area contributed by atoms with Gasteiger partial charge >= 0.3 is 0 Å². The van der Waals surface area contributed by atoms with Crippen molar-refractivity contribution in [1.82, 2.24) is 5.32 Å². The van der Waals surface area contributed by atoms with Gasteiger partial charge in [0, 0.05) is 19.0 Å². The zero-order valence-corrected chi connectivity index (χ0v) is 13.0. The molecule has 116 valence electrons. The molecule has 1 N–H and O–H groups in total. The zero-order chi connectivity index (χ0) is 15.3. The van der Waals surface area contributed by atoms with Gasteiger partial charge in [-0.15, -0.1) is 0 Å². The lowest BCUT2D eigenvalue weighted by Crippen LogP contribution is -2.46. The highest BCUT2D eigenvalue weighted by Crippen LogP contribution is 2.21. The fraction of sp³-hybridized carbons (Fsp3) is 0.533. The van der Waals surface area contributed by atoms with E-state index in [2.05, 4.69) is 5.32 Å². The summed E-state index contributed by atoms with van der Waals surface area (Å²) in [5, 5.41) is 3.10. The van der Waals surface area contributed by atoms with Crippen molar-refractivity contribution in [3.8, 4) is 5.75 Å². The summed E-state index contributed by atoms with van der Waals surface area (Å²) in [4.78, 5) is 12.4. The third-order valence-corrected chi connectivity index (χ3v) is 5.12. The minimum atomic E-state index is -3.03. The number of hydrogen-bond donors (Lipinski definition) is 1. The molecule has 1 aromatic carbocycles. The molecule has 0 aliphatic carbocycles. The van der Waals surface area contributed by atoms with E-state index in [-0.39, 0.29) is 29.8 Å². The Morgan fingerprint density at radius 2 is 2.14 bits per heavy atom. The number of ether oxygens (including phenoxy) is 1. The molecular formula is C15H21NO4S. The van der Waals surface area contributed by atoms with E-state index in [0.717, 1.165) is 6.42 Å². The number of nitrogens with one attached hydrogen (secondary N) is 1. The normalized spacial score (nSPS) is 20.9. The van der Waals surface area contributed by atoms with Gasteiger partial charge in [-0.25, -0.2) is 8.42 Å². The molecular weight excluding hydrogens is 290 g/mol. The standard InChI is InChI=1S/C15H21NO4S/c1-2-8-20-15-6-4-3-5-13(15)14(17)10-12-11-21(18,19)9-7-16-12/h3-6,12,16H,2,7-11H2,1H3. The lowest BCUT2D eigenvalue weighted by Gasteiger charge is -2.23. The number of sulfone groups is 1. The highest BCUT2D eigenvalue weighted by atomic mass is 32.2. The fourth-order valence-corrected chi connectivity index (χ4v) is 3.81. The monoisotopic (exact) mass is 311 g/mol. The van der Waals surface area contributed by atoms with Crippen molar-refractivity contribution in [1.29, 1.82) is 0 Å². The zero-order valence-electron chi connectivity index (χ0n) is 12.2. The molecule has 5 nitrogen and oxygen atoms in total. The van der Waals surface area contributed by atoms with E-state index < -0.39 is 9.84 Å². The van der Waals surface area contributed by atoms with Crippen LogP contribution < -0.4 is 10.1 Å². The van der Waals surface area contributed by atoms with Crippen LogP contribution in [0.15, 0.2) is 24.3 Å². The molecule has 0 aromatic heterocycles. The van der Waals surface area contributed by atoms with E-state index in [1.807, 2.05) is 13.0 Å². The summed E-state index contributed by atoms with van der Waals surface area (Å²) in [6.07, 6.45) is 1.04. The topological polar surface area (TPSA) is 72.5 Å². The first-order valence-electron chi connectivity index (χ1n) is 7.20. The summed E-state index contributed by atoms with van der Waals surface area (Å²) in [6.45, 7) is 2.97. The van der Waals surface area contributed by atoms with Gasteiger partial charge in [0.15, 0.2) is 15.6 Å². The molecule has 1 unspecified atom stereocenters. The minimum Gasteiger partial charge on any atom is -0.493 e. The molecule has 1 aliphatic heterocycles. The number of rotatable bonds is 6. The summed E-state index contributed by atoms with van der Waals surface area (Å²) >= 11 is 0. The number of Topliss-reactive ketones (excluding diaryl/α,β-unsaturated/α-hetero) is 1. The van der Waals surface area contributed by atoms with Gasteiger partial charge in [-0.3, -0.25) is 4.79 Å². The van der Waals surface area contributed by atoms with E-state index in [4.69, 9.17) is 4.74 Å². The average molecular weight is 311 g/mol. The van der Waals surface area contributed by atoms with Crippen molar-refractivity contribution in [3.05, 3.63) is 29.8 Å². The lowest BCUT2D eigenvalue weighted by molar-refractivity contribution is 0.0968. The molecule has 21 heavy (non-hydrogen) atoms. The van der Waals surface area contributed by atoms with Crippen LogP contribution in [0.5, 0.6) is 5.75 Å². The van der Waals surface area contributed by atoms with Gasteiger partial charge in [-0.05, 0) is 18.6 Å². The number of ketones is 1. The van der Waals surface area contributed by atoms with Gasteiger partial charge in [0.2, 0.25) is 0 Å². The number of benzene rings is 1. The summed E-state index contributed by atoms with van der Waals surface area (Å²) < 4.78 is 28.8. The number of carbonyl (C=O) groups excluding carboxylic acids is 1. The predicted octanol–water partition coefficient (Wildman–Crippen LogP) is 1.43. The average Bonchev–Trinajstić information content (AvgIpc) is 2.44. The molecule has 0 saturated carbocycles. The summed E-state index contributed by atoms with van der Waals surface area (Å²) in [7, 11) is -3.03. The Balaban J connectivity index is 2.06. The molecule has 1 saturated heterocycles. The van der Waals surface area contributed by atoms with E-state index in [1.54, 1.807) is 18.2 Å². The van der Waals surface area contributed by atoms with Crippen LogP contribution in [0.3, 0.4) is 0 Å². The van der Waals surface area contributed by atoms with Crippen LogP contribution in [0.25, 0.3) is 0 Å². The maximum atomic E-state index is 12.4. The summed E-state index contributed by atoms with van der Waals surface area (Å²) in [5.74, 6) is 0.657. The first kappa shape index (κ1) is 16.0. The third-order valence-electron chi connectivity index (χ3n) is 3.38. The molecule has 0 amide bonds. The van der Waals surface area contributed by atoms with E-state index in [1.165, 1.54) is 0 Å². The SMILES string of the molecule is CCCOc1ccccc1C(=O)CC1CS(=O)(=O)CCN1. The summed E-state index contributed by atoms with van der Waals surface area (Å²) in [6, 6.07) is 6.80. The molecule has 0 radical (unpaired) electrons. The third kappa shape index (κ3) is 4.54. The Morgan fingerprint density at radius 3 is 2.86 bits per heavy atom. The van der Waals surface area contributed by atoms with Crippen LogP contribution in [0, 0.1) is 0 Å². The molecule has 1 aromatic rings. The van der Waals surface area contributed by atoms with Gasteiger partial charge in [0.05, 0.1) is 23.7 Å². The molecule has 1 atom stereocenters. The molecule has 0 spiro atoms. The molecule has 1 fully saturated rings. The highest BCUT2D eigenvalue weighted by Gasteiger charge is 2.27. The number of hydrogen-bond acceptors (Lipinski definition) is 5. The maximum Gasteiger partial charge on any atom is 0.168 e. The number of carbonyl (C=O) groups is 1. The highest BCUT2D eigenvalue weighted by molar-refractivity contribution is 7.91. The van der Waals surface area contributed by atoms with Crippen molar-refractivity contribution < 1.29 is 17.9 Å². The van der Waals surface area contributed by atoms with Crippen LogP contribution in [-0.4, -0.2) is 44.9 Å². The molecule has 0 bridgehead atoms. The van der Waals surface area contributed by atoms with E-state index in [0.29, 0.717) is 24.5 Å². The molecule has 1 aliphatic rings. The number of para-hydroxylation sites is 1. The van der Waals surface area contributed by atoms with Crippen molar-refractivity contribution in [3.63, 3.8) is 0 Å². The Hall–Kier alpha value is -1.40. The van der Waals surface area contributed by atoms with Crippen LogP contribution >= 0.6 is 0 Å². The second-order valence-corrected chi connectivity index (χ2v) is 7.47. The molecule has 1 heterocycles. The smallest absolute Gasteiger partial charge is 0.168 e. The van der Waals surface area contributed by atoms with Gasteiger partial charge in [0.1, 0.15) is 5.75 Å². The van der Waals surface area contributed by atoms with Gasteiger partial charge in [-0.2, -0.15) is 0 Å². The largest absolute Gasteiger partial charge is 0.493 e. The van der Waals surface area contributed by atoms with E-state index in [9.17, 15) is 13.2 Å². The summed E-state index contributed by atoms with van der Waals surface area (Å²) in [5.41, 5.74) is 0.524. The van der Waals surface area contributed by atoms with Gasteiger partial charge < -0.3 is 10.1 Å². The Bertz CT molecular complexity index is 597. The molecule has 2 rings (SSSR count). The van der Waals surface area contributed by atoms with Crippen molar-refractivity contribution in [2.24, 2.45) is 0 Å². The first-order chi connectivity index (χ1) is 10.0. The lowest BCUT2D eigenvalue weighted by atomic mass is 10.0.